The molecule has 0 aliphatic rings. The molecule has 0 saturated heterocycles. The van der Waals surface area contributed by atoms with Crippen LogP contribution in [0.3, 0.4) is 0 Å². The van der Waals surface area contributed by atoms with Gasteiger partial charge in [-0.2, -0.15) is 0 Å². The highest BCUT2D eigenvalue weighted by Gasteiger charge is 2.25. The third-order valence-electron chi connectivity index (χ3n) is 7.09. The summed E-state index contributed by atoms with van der Waals surface area (Å²) in [5, 5.41) is 2.27. The van der Waals surface area contributed by atoms with Crippen molar-refractivity contribution in [2.45, 2.75) is 19.8 Å². The summed E-state index contributed by atoms with van der Waals surface area (Å²) >= 11 is 0. The van der Waals surface area contributed by atoms with Gasteiger partial charge in [-0.3, -0.25) is 0 Å². The molecule has 0 bridgehead atoms. The number of benzene rings is 3. The van der Waals surface area contributed by atoms with Gasteiger partial charge in [-0.15, -0.1) is 0 Å². The van der Waals surface area contributed by atoms with Crippen molar-refractivity contribution in [3.05, 3.63) is 201 Å². The van der Waals surface area contributed by atoms with Gasteiger partial charge < -0.3 is 0 Å². The molecule has 0 nitrogen and oxygen atoms in total. The van der Waals surface area contributed by atoms with Crippen LogP contribution in [-0.4, -0.2) is 0 Å². The summed E-state index contributed by atoms with van der Waals surface area (Å²) in [7, 11) is 0. The minimum absolute atomic E-state index is 0.354. The Morgan fingerprint density at radius 3 is 1.70 bits per heavy atom. The van der Waals surface area contributed by atoms with Crippen LogP contribution in [0.2, 0.25) is 0 Å². The molecule has 3 aromatic rings. The summed E-state index contributed by atoms with van der Waals surface area (Å²) < 4.78 is 0. The predicted molar refractivity (Wildman–Crippen MR) is 196 cm³/mol. The van der Waals surface area contributed by atoms with Gasteiger partial charge >= 0.3 is 0 Å². The SMILES string of the molecule is C=C/C=C\C=C(/C=C)c1c(C(/C=C\C=C)=C/C=C)c(-c2ccccc2)c(C(/C=C\C=C)=C/C=C)c2cc(C(C)C)ccc12. The standard InChI is InChI=1S/C43H42/c1-9-15-19-26-33(14-6)40-38-30-29-37(32(7)8)31-39(38)41(34(22-12-4)24-16-10-2)43(36-27-20-18-21-28-36)42(40)35(23-13-5)25-17-11-3/h9-32H,1-6H2,7-8H3/b19-15-,24-16-,25-17-,33-26+,34-22+,35-23+. The van der Waals surface area contributed by atoms with Crippen LogP contribution in [0.5, 0.6) is 0 Å². The van der Waals surface area contributed by atoms with E-state index in [4.69, 9.17) is 0 Å². The van der Waals surface area contributed by atoms with Crippen molar-refractivity contribution in [3.63, 3.8) is 0 Å². The van der Waals surface area contributed by atoms with E-state index in [0.717, 1.165) is 55.3 Å². The van der Waals surface area contributed by atoms with E-state index in [1.165, 1.54) is 5.56 Å². The smallest absolute Gasteiger partial charge is 0.00141 e. The molecule has 3 aromatic carbocycles. The maximum atomic E-state index is 4.26. The fourth-order valence-electron chi connectivity index (χ4n) is 5.18. The Hall–Kier alpha value is -5.20. The van der Waals surface area contributed by atoms with Crippen molar-refractivity contribution in [1.29, 1.82) is 0 Å². The zero-order chi connectivity index (χ0) is 31.2. The molecular formula is C43H42. The Morgan fingerprint density at radius 1 is 0.558 bits per heavy atom. The molecule has 0 spiro atoms. The summed E-state index contributed by atoms with van der Waals surface area (Å²) in [5.74, 6) is 0.354. The van der Waals surface area contributed by atoms with Crippen LogP contribution in [0.1, 0.15) is 42.0 Å². The van der Waals surface area contributed by atoms with Gasteiger partial charge in [0.05, 0.1) is 0 Å². The van der Waals surface area contributed by atoms with Crippen LogP contribution in [0, 0.1) is 0 Å². The van der Waals surface area contributed by atoms with Crippen molar-refractivity contribution in [2.24, 2.45) is 0 Å². The molecule has 0 heteroatoms. The molecule has 0 unspecified atom stereocenters. The number of fused-ring (bicyclic) bond motifs is 1. The van der Waals surface area contributed by atoms with Gasteiger partial charge in [0.2, 0.25) is 0 Å². The van der Waals surface area contributed by atoms with E-state index in [1.54, 1.807) is 18.2 Å². The molecule has 214 valence electrons. The fraction of sp³-hybridized carbons (Fsp3) is 0.0698. The predicted octanol–water partition coefficient (Wildman–Crippen LogP) is 12.6. The lowest BCUT2D eigenvalue weighted by Crippen LogP contribution is -2.04. The van der Waals surface area contributed by atoms with Crippen molar-refractivity contribution < 1.29 is 0 Å². The lowest BCUT2D eigenvalue weighted by atomic mass is 9.77. The van der Waals surface area contributed by atoms with Crippen LogP contribution in [-0.2, 0) is 0 Å². The van der Waals surface area contributed by atoms with Gasteiger partial charge in [-0.25, -0.2) is 0 Å². The lowest BCUT2D eigenvalue weighted by molar-refractivity contribution is 0.869. The van der Waals surface area contributed by atoms with Gasteiger partial charge in [0.25, 0.3) is 0 Å². The number of hydrogen-bond donors (Lipinski definition) is 0. The first-order chi connectivity index (χ1) is 21.0. The molecule has 0 fully saturated rings. The summed E-state index contributed by atoms with van der Waals surface area (Å²) in [6.07, 6.45) is 29.3. The highest BCUT2D eigenvalue weighted by atomic mass is 14.3. The number of rotatable bonds is 14. The molecule has 0 aromatic heterocycles. The maximum Gasteiger partial charge on any atom is -0.00141 e. The molecule has 0 aliphatic heterocycles. The van der Waals surface area contributed by atoms with Gasteiger partial charge in [0, 0.05) is 0 Å². The molecular weight excluding hydrogens is 516 g/mol. The molecule has 0 amide bonds. The summed E-state index contributed by atoms with van der Waals surface area (Å²) in [6, 6.07) is 17.4. The fourth-order valence-corrected chi connectivity index (χ4v) is 5.18. The van der Waals surface area contributed by atoms with Gasteiger partial charge in [0.15, 0.2) is 0 Å². The van der Waals surface area contributed by atoms with Crippen LogP contribution in [0.4, 0.5) is 0 Å². The van der Waals surface area contributed by atoms with Crippen LogP contribution in [0.25, 0.3) is 38.6 Å². The van der Waals surface area contributed by atoms with E-state index < -0.39 is 0 Å². The summed E-state index contributed by atoms with van der Waals surface area (Å²) in [5.41, 5.74) is 9.78. The largest absolute Gasteiger partial charge is 0.0991 e. The van der Waals surface area contributed by atoms with Gasteiger partial charge in [0.1, 0.15) is 0 Å². The van der Waals surface area contributed by atoms with Crippen LogP contribution < -0.4 is 0 Å². The van der Waals surface area contributed by atoms with E-state index in [1.807, 2.05) is 48.6 Å². The normalized spacial score (nSPS) is 12.9. The first-order valence-corrected chi connectivity index (χ1v) is 14.5. The van der Waals surface area contributed by atoms with E-state index >= 15 is 0 Å². The topological polar surface area (TPSA) is 0 Å². The average Bonchev–Trinajstić information content (AvgIpc) is 3.02. The zero-order valence-corrected chi connectivity index (χ0v) is 25.6. The maximum absolute atomic E-state index is 4.26. The minimum Gasteiger partial charge on any atom is -0.0991 e. The van der Waals surface area contributed by atoms with Crippen LogP contribution >= 0.6 is 0 Å². The molecule has 3 rings (SSSR count). The minimum atomic E-state index is 0.354. The Kier molecular flexibility index (Phi) is 12.2. The second-order valence-corrected chi connectivity index (χ2v) is 10.2. The monoisotopic (exact) mass is 558 g/mol. The Labute approximate surface area is 259 Å². The molecule has 0 saturated carbocycles. The van der Waals surface area contributed by atoms with E-state index in [-0.39, 0.29) is 0 Å². The molecule has 0 heterocycles. The zero-order valence-electron chi connectivity index (χ0n) is 25.6. The average molecular weight is 559 g/mol. The lowest BCUT2D eigenvalue weighted by Gasteiger charge is -2.26. The molecule has 0 radical (unpaired) electrons. The molecule has 0 atom stereocenters. The van der Waals surface area contributed by atoms with Crippen molar-refractivity contribution >= 4 is 27.5 Å². The summed E-state index contributed by atoms with van der Waals surface area (Å²) in [4.78, 5) is 0. The molecule has 0 aliphatic carbocycles. The van der Waals surface area contributed by atoms with E-state index in [9.17, 15) is 0 Å². The second-order valence-electron chi connectivity index (χ2n) is 10.2. The summed E-state index contributed by atoms with van der Waals surface area (Å²) in [6.45, 7) is 28.6. The number of allylic oxidation sites excluding steroid dienone is 18. The Balaban J connectivity index is 2.89. The molecule has 0 N–H and O–H groups in total. The van der Waals surface area contributed by atoms with Crippen molar-refractivity contribution in [1.82, 2.24) is 0 Å². The quantitative estimate of drug-likeness (QED) is 0.173. The van der Waals surface area contributed by atoms with E-state index in [2.05, 4.69) is 126 Å². The third kappa shape index (κ3) is 7.56. The molecule has 43 heavy (non-hydrogen) atoms. The van der Waals surface area contributed by atoms with Gasteiger partial charge in [-0.05, 0) is 66.8 Å². The highest BCUT2D eigenvalue weighted by molar-refractivity contribution is 6.14. The van der Waals surface area contributed by atoms with Crippen molar-refractivity contribution in [2.75, 3.05) is 0 Å². The van der Waals surface area contributed by atoms with Crippen LogP contribution in [0.15, 0.2) is 179 Å². The van der Waals surface area contributed by atoms with Gasteiger partial charge in [-0.1, -0.05) is 193 Å². The van der Waals surface area contributed by atoms with Crippen molar-refractivity contribution in [3.8, 4) is 11.1 Å². The number of hydrogen-bond acceptors (Lipinski definition) is 0. The Bertz CT molecular complexity index is 1700. The first-order valence-electron chi connectivity index (χ1n) is 14.5. The third-order valence-corrected chi connectivity index (χ3v) is 7.09. The first kappa shape index (κ1) is 32.3. The highest BCUT2D eigenvalue weighted by Crippen LogP contribution is 2.47. The van der Waals surface area contributed by atoms with E-state index in [0.29, 0.717) is 5.92 Å². The second kappa shape index (κ2) is 16.3. The Morgan fingerprint density at radius 2 is 1.16 bits per heavy atom.